The first kappa shape index (κ1) is 21.7. The van der Waals surface area contributed by atoms with Crippen LogP contribution < -0.4 is 0 Å². The maximum Gasteiger partial charge on any atom is 0.254 e. The van der Waals surface area contributed by atoms with Crippen molar-refractivity contribution in [1.82, 2.24) is 4.98 Å². The highest BCUT2D eigenvalue weighted by Crippen LogP contribution is 2.36. The molecule has 0 aromatic carbocycles. The number of allylic oxidation sites excluding steroid dienone is 1. The summed E-state index contributed by atoms with van der Waals surface area (Å²) in [5.41, 5.74) is -0.285. The zero-order valence-electron chi connectivity index (χ0n) is 16.6. The molecule has 1 aromatic rings. The van der Waals surface area contributed by atoms with Crippen molar-refractivity contribution in [2.45, 2.75) is 74.7 Å². The molecule has 0 amide bonds. The average Bonchev–Trinajstić information content (AvgIpc) is 3.21. The molecule has 0 spiro atoms. The van der Waals surface area contributed by atoms with E-state index in [-0.39, 0.29) is 11.8 Å². The molecule has 0 bridgehead atoms. The van der Waals surface area contributed by atoms with E-state index in [1.807, 2.05) is 6.92 Å². The van der Waals surface area contributed by atoms with Crippen molar-refractivity contribution in [2.24, 2.45) is 17.8 Å². The van der Waals surface area contributed by atoms with Crippen LogP contribution in [0.2, 0.25) is 0 Å². The Morgan fingerprint density at radius 1 is 1.39 bits per heavy atom. The third kappa shape index (κ3) is 6.26. The number of carbonyl (C=O) groups excluding carboxylic acids is 2. The Hall–Kier alpha value is -0.980. The van der Waals surface area contributed by atoms with E-state index in [1.165, 1.54) is 30.6 Å². The van der Waals surface area contributed by atoms with E-state index < -0.39 is 5.60 Å². The van der Waals surface area contributed by atoms with Gasteiger partial charge in [0.2, 0.25) is 0 Å². The van der Waals surface area contributed by atoms with Crippen LogP contribution in [0.3, 0.4) is 0 Å². The Morgan fingerprint density at radius 2 is 2.21 bits per heavy atom. The summed E-state index contributed by atoms with van der Waals surface area (Å²) < 4.78 is 0.860. The molecule has 28 heavy (non-hydrogen) atoms. The number of ketones is 1. The highest BCUT2D eigenvalue weighted by Gasteiger charge is 2.32. The zero-order chi connectivity index (χ0) is 20.0. The molecule has 3 rings (SSSR count). The third-order valence-corrected chi connectivity index (χ3v) is 8.21. The molecule has 2 aliphatic rings. The molecule has 2 fully saturated rings. The van der Waals surface area contributed by atoms with E-state index in [0.717, 1.165) is 41.7 Å². The van der Waals surface area contributed by atoms with Crippen molar-refractivity contribution in [3.63, 3.8) is 0 Å². The summed E-state index contributed by atoms with van der Waals surface area (Å²) in [5.74, 6) is 2.36. The van der Waals surface area contributed by atoms with Crippen LogP contribution >= 0.6 is 23.1 Å². The van der Waals surface area contributed by atoms with Crippen LogP contribution in [0.5, 0.6) is 0 Å². The molecule has 3 atom stereocenters. The van der Waals surface area contributed by atoms with Gasteiger partial charge in [-0.25, -0.2) is 4.98 Å². The molecule has 2 aliphatic carbocycles. The monoisotopic (exact) mass is 420 g/mol. The largest absolute Gasteiger partial charge is 0.390 e. The number of hydrogen-bond donors (Lipinski definition) is 1. The van der Waals surface area contributed by atoms with E-state index in [0.29, 0.717) is 24.3 Å². The van der Waals surface area contributed by atoms with Gasteiger partial charge >= 0.3 is 0 Å². The smallest absolute Gasteiger partial charge is 0.254 e. The molecular weight excluding hydrogens is 390 g/mol. The van der Waals surface area contributed by atoms with Gasteiger partial charge in [-0.3, -0.25) is 9.59 Å². The van der Waals surface area contributed by atoms with Crippen LogP contribution in [-0.4, -0.2) is 33.5 Å². The highest BCUT2D eigenvalue weighted by atomic mass is 32.2. The predicted octanol–water partition coefficient (Wildman–Crippen LogP) is 4.96. The SMILES string of the molecule is C[C@@](O)(C/C=C/[C@H]1CCC(=O)[C@@H]1CCSc1nc([C]=O)cs1)CCC1CCC1. The van der Waals surface area contributed by atoms with Crippen molar-refractivity contribution < 1.29 is 14.7 Å². The minimum Gasteiger partial charge on any atom is -0.390 e. The standard InChI is InChI=1S/C22H30NO3S2/c1-22(26,12-9-16-4-2-5-16)11-3-6-17-7-8-20(25)19(17)10-13-27-21-23-18(14-24)15-28-21/h3,6,15-17,19,26H,2,4-5,7-13H2,1H3/b6-3+/t17-,19+,22+/m0/s1. The lowest BCUT2D eigenvalue weighted by Crippen LogP contribution is -2.25. The minimum absolute atomic E-state index is 0.0701. The van der Waals surface area contributed by atoms with E-state index in [1.54, 1.807) is 23.4 Å². The van der Waals surface area contributed by atoms with Gasteiger partial charge in [0, 0.05) is 23.5 Å². The molecule has 1 heterocycles. The van der Waals surface area contributed by atoms with Gasteiger partial charge in [-0.05, 0) is 50.9 Å². The van der Waals surface area contributed by atoms with Gasteiger partial charge in [-0.1, -0.05) is 43.2 Å². The second-order valence-corrected chi connectivity index (χ2v) is 10.7. The summed E-state index contributed by atoms with van der Waals surface area (Å²) in [6, 6.07) is 0. The first-order chi connectivity index (χ1) is 13.5. The van der Waals surface area contributed by atoms with Gasteiger partial charge in [0.15, 0.2) is 4.34 Å². The first-order valence-corrected chi connectivity index (χ1v) is 12.2. The number of aromatic nitrogens is 1. The van der Waals surface area contributed by atoms with Crippen molar-refractivity contribution in [1.29, 1.82) is 0 Å². The van der Waals surface area contributed by atoms with Gasteiger partial charge in [0.05, 0.1) is 5.60 Å². The topological polar surface area (TPSA) is 67.3 Å². The maximum absolute atomic E-state index is 12.3. The molecule has 1 aromatic heterocycles. The molecule has 0 unspecified atom stereocenters. The fourth-order valence-corrected chi connectivity index (χ4v) is 5.92. The fraction of sp³-hybridized carbons (Fsp3) is 0.682. The zero-order valence-corrected chi connectivity index (χ0v) is 18.2. The summed E-state index contributed by atoms with van der Waals surface area (Å²) in [4.78, 5) is 27.1. The Balaban J connectivity index is 1.43. The number of thioether (sulfide) groups is 1. The molecule has 1 N–H and O–H groups in total. The number of nitrogens with zero attached hydrogens (tertiary/aromatic N) is 1. The Bertz CT molecular complexity index is 694. The van der Waals surface area contributed by atoms with E-state index in [4.69, 9.17) is 0 Å². The Labute approximate surface area is 176 Å². The van der Waals surface area contributed by atoms with Gasteiger partial charge in [0.25, 0.3) is 6.29 Å². The summed E-state index contributed by atoms with van der Waals surface area (Å²) in [6.07, 6.45) is 15.1. The predicted molar refractivity (Wildman–Crippen MR) is 114 cm³/mol. The minimum atomic E-state index is -0.641. The lowest BCUT2D eigenvalue weighted by atomic mass is 9.79. The molecule has 153 valence electrons. The fourth-order valence-electron chi connectivity index (χ4n) is 4.08. The molecule has 4 nitrogen and oxygen atoms in total. The van der Waals surface area contributed by atoms with Crippen LogP contribution in [0.15, 0.2) is 21.9 Å². The second-order valence-electron chi connectivity index (χ2n) is 8.48. The number of carbonyl (C=O) groups is 1. The van der Waals surface area contributed by atoms with Gasteiger partial charge in [-0.2, -0.15) is 0 Å². The van der Waals surface area contributed by atoms with Crippen LogP contribution in [0, 0.1) is 17.8 Å². The van der Waals surface area contributed by atoms with Gasteiger partial charge in [0.1, 0.15) is 11.5 Å². The van der Waals surface area contributed by atoms with Crippen molar-refractivity contribution >= 4 is 35.2 Å². The van der Waals surface area contributed by atoms with Crippen LogP contribution in [0.4, 0.5) is 0 Å². The number of Topliss-reactive ketones (excluding diaryl/α,β-unsaturated/α-hetero) is 1. The van der Waals surface area contributed by atoms with Gasteiger partial charge in [-0.15, -0.1) is 11.3 Å². The van der Waals surface area contributed by atoms with Crippen molar-refractivity contribution in [3.05, 3.63) is 23.2 Å². The van der Waals surface area contributed by atoms with Crippen molar-refractivity contribution in [2.75, 3.05) is 5.75 Å². The highest BCUT2D eigenvalue weighted by molar-refractivity contribution is 8.01. The maximum atomic E-state index is 12.3. The van der Waals surface area contributed by atoms with Crippen LogP contribution in [-0.2, 0) is 9.59 Å². The molecular formula is C22H30NO3S2. The molecule has 0 saturated heterocycles. The van der Waals surface area contributed by atoms with E-state index in [9.17, 15) is 14.7 Å². The lowest BCUT2D eigenvalue weighted by molar-refractivity contribution is -0.121. The lowest BCUT2D eigenvalue weighted by Gasteiger charge is -2.29. The molecule has 0 aliphatic heterocycles. The first-order valence-electron chi connectivity index (χ1n) is 10.3. The number of hydrogen-bond acceptors (Lipinski definition) is 6. The Morgan fingerprint density at radius 3 is 2.89 bits per heavy atom. The molecule has 1 radical (unpaired) electrons. The van der Waals surface area contributed by atoms with Crippen LogP contribution in [0.1, 0.15) is 70.4 Å². The Kier molecular flexibility index (Phi) is 7.89. The summed E-state index contributed by atoms with van der Waals surface area (Å²) in [7, 11) is 0. The van der Waals surface area contributed by atoms with Crippen LogP contribution in [0.25, 0.3) is 0 Å². The number of rotatable bonds is 11. The number of aliphatic hydroxyl groups is 1. The van der Waals surface area contributed by atoms with Gasteiger partial charge < -0.3 is 5.11 Å². The number of thiazole rings is 1. The summed E-state index contributed by atoms with van der Waals surface area (Å²) >= 11 is 3.05. The van der Waals surface area contributed by atoms with Crippen molar-refractivity contribution in [3.8, 4) is 0 Å². The van der Waals surface area contributed by atoms with E-state index in [2.05, 4.69) is 17.1 Å². The molecule has 2 saturated carbocycles. The molecule has 6 heteroatoms. The second kappa shape index (κ2) is 10.2. The van der Waals surface area contributed by atoms with E-state index >= 15 is 0 Å². The average molecular weight is 421 g/mol. The normalized spacial score (nSPS) is 25.1. The summed E-state index contributed by atoms with van der Waals surface area (Å²) in [6.45, 7) is 1.93. The third-order valence-electron chi connectivity index (χ3n) is 6.15. The summed E-state index contributed by atoms with van der Waals surface area (Å²) in [5, 5.41) is 12.3. The quantitative estimate of drug-likeness (QED) is 0.405.